The van der Waals surface area contributed by atoms with Crippen LogP contribution < -0.4 is 4.90 Å². The van der Waals surface area contributed by atoms with Crippen LogP contribution in [0.15, 0.2) is 60.1 Å². The zero-order valence-corrected chi connectivity index (χ0v) is 17.8. The Morgan fingerprint density at radius 1 is 1.00 bits per heavy atom. The summed E-state index contributed by atoms with van der Waals surface area (Å²) in [6.07, 6.45) is 10.2. The molecule has 8 nitrogen and oxygen atoms in total. The van der Waals surface area contributed by atoms with Crippen LogP contribution in [0.5, 0.6) is 0 Å². The van der Waals surface area contributed by atoms with Crippen molar-refractivity contribution in [2.45, 2.75) is 30.6 Å². The molecule has 31 heavy (non-hydrogen) atoms. The molecule has 3 aromatic rings. The van der Waals surface area contributed by atoms with Gasteiger partial charge in [0.25, 0.3) is 5.91 Å². The maximum absolute atomic E-state index is 13.1. The third kappa shape index (κ3) is 3.64. The highest BCUT2D eigenvalue weighted by Gasteiger charge is 2.30. The summed E-state index contributed by atoms with van der Waals surface area (Å²) >= 11 is 0. The number of carbonyl (C=O) groups excluding carboxylic acids is 1. The van der Waals surface area contributed by atoms with Gasteiger partial charge in [-0.2, -0.15) is 4.31 Å². The number of amides is 1. The predicted molar refractivity (Wildman–Crippen MR) is 116 cm³/mol. The van der Waals surface area contributed by atoms with Gasteiger partial charge < -0.3 is 4.90 Å². The first-order valence-corrected chi connectivity index (χ1v) is 11.9. The maximum Gasteiger partial charge on any atom is 0.259 e. The van der Waals surface area contributed by atoms with E-state index in [0.717, 1.165) is 30.5 Å². The third-order valence-corrected chi connectivity index (χ3v) is 7.80. The molecule has 160 valence electrons. The molecule has 1 aromatic carbocycles. The Morgan fingerprint density at radius 2 is 1.84 bits per heavy atom. The van der Waals surface area contributed by atoms with Gasteiger partial charge in [-0.05, 0) is 55.2 Å². The standard InChI is InChI=1S/C22H23N5O3S/c28-22(18-4-7-21(24-15-18)25-13-9-23-16-25)27-12-8-17-14-19(5-6-20(17)27)31(29,30)26-10-2-1-3-11-26/h4-7,9,13-16H,1-3,8,10-12H2. The molecule has 0 atom stereocenters. The Labute approximate surface area is 181 Å². The van der Waals surface area contributed by atoms with Crippen molar-refractivity contribution in [3.05, 3.63) is 66.4 Å². The Balaban J connectivity index is 1.37. The molecule has 2 aromatic heterocycles. The van der Waals surface area contributed by atoms with E-state index in [2.05, 4.69) is 9.97 Å². The van der Waals surface area contributed by atoms with Crippen LogP contribution in [0, 0.1) is 0 Å². The Kier molecular flexibility index (Phi) is 5.07. The SMILES string of the molecule is O=C(c1ccc(-n2ccnc2)nc1)N1CCc2cc(S(=O)(=O)N3CCCCC3)ccc21. The van der Waals surface area contributed by atoms with Crippen molar-refractivity contribution >= 4 is 21.6 Å². The van der Waals surface area contributed by atoms with Crippen LogP contribution in [-0.4, -0.2) is 52.8 Å². The van der Waals surface area contributed by atoms with Crippen LogP contribution in [0.1, 0.15) is 35.2 Å². The van der Waals surface area contributed by atoms with Crippen molar-refractivity contribution < 1.29 is 13.2 Å². The van der Waals surface area contributed by atoms with Gasteiger partial charge in [-0.1, -0.05) is 6.42 Å². The minimum Gasteiger partial charge on any atom is -0.308 e. The number of sulfonamides is 1. The van der Waals surface area contributed by atoms with Gasteiger partial charge in [0, 0.05) is 43.9 Å². The molecule has 0 radical (unpaired) electrons. The molecule has 1 fully saturated rings. The third-order valence-electron chi connectivity index (χ3n) is 5.91. The number of nitrogens with zero attached hydrogens (tertiary/aromatic N) is 5. The van der Waals surface area contributed by atoms with Crippen LogP contribution in [0.3, 0.4) is 0 Å². The average Bonchev–Trinajstić information content (AvgIpc) is 3.49. The number of hydrogen-bond acceptors (Lipinski definition) is 5. The first-order chi connectivity index (χ1) is 15.0. The molecule has 0 aliphatic carbocycles. The van der Waals surface area contributed by atoms with E-state index in [1.807, 2.05) is 0 Å². The second-order valence-electron chi connectivity index (χ2n) is 7.84. The number of benzene rings is 1. The number of rotatable bonds is 4. The zero-order chi connectivity index (χ0) is 21.4. The topological polar surface area (TPSA) is 88.4 Å². The molecule has 2 aliphatic heterocycles. The smallest absolute Gasteiger partial charge is 0.259 e. The summed E-state index contributed by atoms with van der Waals surface area (Å²) in [5.74, 6) is 0.540. The summed E-state index contributed by atoms with van der Waals surface area (Å²) in [6, 6.07) is 8.63. The van der Waals surface area contributed by atoms with Gasteiger partial charge in [0.05, 0.1) is 10.5 Å². The van der Waals surface area contributed by atoms with E-state index in [1.165, 1.54) is 0 Å². The van der Waals surface area contributed by atoms with Crippen molar-refractivity contribution in [1.82, 2.24) is 18.8 Å². The number of imidazole rings is 1. The minimum atomic E-state index is -3.49. The molecule has 5 rings (SSSR count). The van der Waals surface area contributed by atoms with Gasteiger partial charge >= 0.3 is 0 Å². The number of aromatic nitrogens is 3. The normalized spacial score (nSPS) is 17.0. The molecule has 0 N–H and O–H groups in total. The fourth-order valence-corrected chi connectivity index (χ4v) is 5.79. The molecular formula is C22H23N5O3S. The summed E-state index contributed by atoms with van der Waals surface area (Å²) in [6.45, 7) is 1.67. The number of hydrogen-bond donors (Lipinski definition) is 0. The number of anilines is 1. The molecule has 1 saturated heterocycles. The maximum atomic E-state index is 13.1. The highest BCUT2D eigenvalue weighted by molar-refractivity contribution is 7.89. The number of carbonyl (C=O) groups is 1. The van der Waals surface area contributed by atoms with Gasteiger partial charge in [-0.15, -0.1) is 0 Å². The molecular weight excluding hydrogens is 414 g/mol. The Bertz CT molecular complexity index is 1200. The monoisotopic (exact) mass is 437 g/mol. The van der Waals surface area contributed by atoms with Gasteiger partial charge in [0.2, 0.25) is 10.0 Å². The molecule has 0 spiro atoms. The molecule has 1 amide bonds. The number of piperidine rings is 1. The predicted octanol–water partition coefficient (Wildman–Crippen LogP) is 2.64. The van der Waals surface area contributed by atoms with E-state index in [0.29, 0.717) is 42.3 Å². The van der Waals surface area contributed by atoms with Gasteiger partial charge in [-0.25, -0.2) is 18.4 Å². The molecule has 9 heteroatoms. The minimum absolute atomic E-state index is 0.143. The van der Waals surface area contributed by atoms with Crippen molar-refractivity contribution in [1.29, 1.82) is 0 Å². The fraction of sp³-hybridized carbons (Fsp3) is 0.318. The van der Waals surface area contributed by atoms with Gasteiger partial charge in [-0.3, -0.25) is 9.36 Å². The van der Waals surface area contributed by atoms with E-state index in [4.69, 9.17) is 0 Å². The largest absolute Gasteiger partial charge is 0.308 e. The van der Waals surface area contributed by atoms with Crippen molar-refractivity contribution in [2.75, 3.05) is 24.5 Å². The lowest BCUT2D eigenvalue weighted by molar-refractivity contribution is 0.0989. The zero-order valence-electron chi connectivity index (χ0n) is 17.0. The summed E-state index contributed by atoms with van der Waals surface area (Å²) in [7, 11) is -3.49. The molecule has 0 unspecified atom stereocenters. The Hall–Kier alpha value is -3.04. The molecule has 4 heterocycles. The van der Waals surface area contributed by atoms with E-state index >= 15 is 0 Å². The number of fused-ring (bicyclic) bond motifs is 1. The van der Waals surface area contributed by atoms with Crippen LogP contribution >= 0.6 is 0 Å². The molecule has 0 bridgehead atoms. The van der Waals surface area contributed by atoms with Crippen LogP contribution in [0.25, 0.3) is 5.82 Å². The summed E-state index contributed by atoms with van der Waals surface area (Å²) in [5, 5.41) is 0. The van der Waals surface area contributed by atoms with E-state index < -0.39 is 10.0 Å². The van der Waals surface area contributed by atoms with Crippen molar-refractivity contribution in [3.63, 3.8) is 0 Å². The quantitative estimate of drug-likeness (QED) is 0.626. The lowest BCUT2D eigenvalue weighted by atomic mass is 10.1. The van der Waals surface area contributed by atoms with E-state index in [-0.39, 0.29) is 5.91 Å². The van der Waals surface area contributed by atoms with Gasteiger partial charge in [0.1, 0.15) is 12.1 Å². The summed E-state index contributed by atoms with van der Waals surface area (Å²) in [5.41, 5.74) is 2.14. The first-order valence-electron chi connectivity index (χ1n) is 10.4. The summed E-state index contributed by atoms with van der Waals surface area (Å²) < 4.78 is 29.3. The Morgan fingerprint density at radius 3 is 2.55 bits per heavy atom. The molecule has 2 aliphatic rings. The second kappa shape index (κ2) is 7.90. The highest BCUT2D eigenvalue weighted by Crippen LogP contribution is 2.32. The summed E-state index contributed by atoms with van der Waals surface area (Å²) in [4.78, 5) is 23.4. The second-order valence-corrected chi connectivity index (χ2v) is 9.78. The van der Waals surface area contributed by atoms with Crippen LogP contribution in [-0.2, 0) is 16.4 Å². The highest BCUT2D eigenvalue weighted by atomic mass is 32.2. The van der Waals surface area contributed by atoms with Gasteiger partial charge in [0.15, 0.2) is 0 Å². The molecule has 0 saturated carbocycles. The van der Waals surface area contributed by atoms with Crippen LogP contribution in [0.2, 0.25) is 0 Å². The van der Waals surface area contributed by atoms with Crippen LogP contribution in [0.4, 0.5) is 5.69 Å². The van der Waals surface area contributed by atoms with E-state index in [9.17, 15) is 13.2 Å². The number of pyridine rings is 1. The van der Waals surface area contributed by atoms with Crippen molar-refractivity contribution in [2.24, 2.45) is 0 Å². The van der Waals surface area contributed by atoms with E-state index in [1.54, 1.807) is 69.0 Å². The average molecular weight is 438 g/mol. The first kappa shape index (κ1) is 19.9. The van der Waals surface area contributed by atoms with Crippen molar-refractivity contribution in [3.8, 4) is 5.82 Å². The fourth-order valence-electron chi connectivity index (χ4n) is 4.22. The lowest BCUT2D eigenvalue weighted by Crippen LogP contribution is -2.35. The lowest BCUT2D eigenvalue weighted by Gasteiger charge is -2.26.